The largest absolute Gasteiger partial charge is 1.00 e. The van der Waals surface area contributed by atoms with Crippen LogP contribution in [0.4, 0.5) is 8.78 Å². The summed E-state index contributed by atoms with van der Waals surface area (Å²) >= 11 is 11.9. The maximum Gasteiger partial charge on any atom is 1.00 e. The minimum absolute atomic E-state index is 0. The van der Waals surface area contributed by atoms with Crippen molar-refractivity contribution < 1.29 is 67.6 Å². The van der Waals surface area contributed by atoms with Gasteiger partial charge in [-0.1, -0.05) is 45.8 Å². The molecule has 8 heterocycles. The number of aromatic nitrogens is 12. The van der Waals surface area contributed by atoms with Crippen molar-refractivity contribution in [1.82, 2.24) is 57.9 Å². The van der Waals surface area contributed by atoms with E-state index < -0.39 is 23.6 Å². The van der Waals surface area contributed by atoms with Crippen LogP contribution in [0.2, 0.25) is 10.0 Å². The molecule has 0 amide bonds. The Morgan fingerprint density at radius 2 is 1.02 bits per heavy atom. The average Bonchev–Trinajstić information content (AvgIpc) is 1.85. The molecule has 0 spiro atoms. The molecule has 14 rings (SSSR count). The van der Waals surface area contributed by atoms with E-state index >= 15 is 0 Å². The minimum atomic E-state index is -0.983. The standard InChI is InChI=1S/C32H26ClFN6O3.C31H24ClFN6O3.Li.2H2O/c1-43-32(42)20-4-7-23(8-5-20)40-24(15-22-14-21(19-2-3-19)6-10-28(22)40)16-39-17-27(36-37-39)29(41)11-9-26-31-30(34)25(33)12-13-38(31)18-35-26;32-24-11-12-37-17-34-25(30(37)29(24)33)8-10-28(40)26-16-38(36-35-26)15-23-14-21-13-20(18-1-2-18)5-9-27(21)39(23)22-6-3-19(4-7-22)31(41)42;;;/h4-8,10,12-15,17-19H,2-3,9,11,16H2,1H3;3-7,9,11-14,16-18H,1-2,8,10,15H2,(H,41,42);;2*1H2/q;;+1;;/p-1. The number of aryl methyl sites for hydroxylation is 2. The number of pyridine rings is 2. The van der Waals surface area contributed by atoms with Crippen molar-refractivity contribution in [3.63, 3.8) is 0 Å². The van der Waals surface area contributed by atoms with Gasteiger partial charge in [0, 0.05) is 58.8 Å². The monoisotopic (exact) mass is 1220 g/mol. The molecule has 4 N–H and O–H groups in total. The SMILES string of the molecule is COC(=O)c1ccc(-n2c(Cn3cc(C(=O)CCc4ncn5ccc(Cl)c(F)c45)nn3)cc3cc(C4CC4)ccc32)cc1.O.O=C(O)c1ccc(-n2c(Cn3cc(C(=O)CCc4ncn5ccc(Cl)c(F)c45)nn3)cc3cc(C4CC4)ccc32)cc1.[Li+].[OH-]. The second kappa shape index (κ2) is 25.7. The van der Waals surface area contributed by atoms with E-state index in [1.54, 1.807) is 79.4 Å². The molecule has 442 valence electrons. The molecule has 0 unspecified atom stereocenters. The molecule has 4 aromatic carbocycles. The predicted molar refractivity (Wildman–Crippen MR) is 318 cm³/mol. The van der Waals surface area contributed by atoms with Gasteiger partial charge in [0.25, 0.3) is 0 Å². The second-order valence-electron chi connectivity index (χ2n) is 21.3. The van der Waals surface area contributed by atoms with E-state index in [1.807, 2.05) is 12.1 Å². The summed E-state index contributed by atoms with van der Waals surface area (Å²) < 4.78 is 44.5. The number of nitrogens with zero attached hydrogens (tertiary/aromatic N) is 12. The first-order valence-electron chi connectivity index (χ1n) is 27.5. The van der Waals surface area contributed by atoms with Crippen LogP contribution in [0.15, 0.2) is 147 Å². The van der Waals surface area contributed by atoms with Gasteiger partial charge in [-0.05, 0) is 159 Å². The van der Waals surface area contributed by atoms with E-state index in [1.165, 1.54) is 68.7 Å². The van der Waals surface area contributed by atoms with Crippen molar-refractivity contribution in [3.8, 4) is 11.4 Å². The number of carbonyl (C=O) groups is 4. The molecule has 0 saturated heterocycles. The summed E-state index contributed by atoms with van der Waals surface area (Å²) in [5, 5.41) is 28.2. The topological polar surface area (TPSA) is 265 Å². The Morgan fingerprint density at radius 3 is 1.42 bits per heavy atom. The predicted octanol–water partition coefficient (Wildman–Crippen LogP) is 8.29. The van der Waals surface area contributed by atoms with Crippen LogP contribution in [0.25, 0.3) is 44.2 Å². The minimum Gasteiger partial charge on any atom is -0.870 e. The van der Waals surface area contributed by atoms with E-state index in [4.69, 9.17) is 27.9 Å². The average molecular weight is 1220 g/mol. The van der Waals surface area contributed by atoms with E-state index in [0.717, 1.165) is 44.6 Å². The maximum atomic E-state index is 14.6. The summed E-state index contributed by atoms with van der Waals surface area (Å²) in [5.41, 5.74) is 10.7. The molecule has 12 aromatic rings. The van der Waals surface area contributed by atoms with Crippen LogP contribution in [0.1, 0.15) is 126 Å². The van der Waals surface area contributed by atoms with Gasteiger partial charge in [-0.2, -0.15) is 0 Å². The molecule has 2 aliphatic carbocycles. The van der Waals surface area contributed by atoms with Crippen molar-refractivity contribution >= 4 is 79.5 Å². The van der Waals surface area contributed by atoms with Gasteiger partial charge in [0.15, 0.2) is 23.2 Å². The number of Topliss-reactive ketones (excluding diaryl/α,β-unsaturated/α-hetero) is 2. The summed E-state index contributed by atoms with van der Waals surface area (Å²) in [7, 11) is 1.36. The number of hydrogen-bond donors (Lipinski definition) is 1. The second-order valence-corrected chi connectivity index (χ2v) is 22.1. The number of halogens is 4. The Bertz CT molecular complexity index is 4620. The molecule has 88 heavy (non-hydrogen) atoms. The third-order valence-electron chi connectivity index (χ3n) is 15.6. The summed E-state index contributed by atoms with van der Waals surface area (Å²) in [6.07, 6.45) is 14.9. The molecule has 0 radical (unpaired) electrons. The smallest absolute Gasteiger partial charge is 0.870 e. The Balaban J connectivity index is 0.000000188. The third-order valence-corrected chi connectivity index (χ3v) is 16.2. The summed E-state index contributed by atoms with van der Waals surface area (Å²) in [6, 6.07) is 34.1. The number of carboxylic acid groups (broad SMARTS) is 1. The summed E-state index contributed by atoms with van der Waals surface area (Å²) in [6.45, 7) is 0.700. The first kappa shape index (κ1) is 61.9. The van der Waals surface area contributed by atoms with Crippen molar-refractivity contribution in [2.75, 3.05) is 7.11 Å². The number of ketones is 2. The molecule has 0 aliphatic heterocycles. The molecular weight excluding hydrogens is 1170 g/mol. The fourth-order valence-electron chi connectivity index (χ4n) is 11.0. The molecule has 25 heteroatoms. The summed E-state index contributed by atoms with van der Waals surface area (Å²) in [4.78, 5) is 57.9. The molecular formula is C63H53Cl2F2LiN12O8. The van der Waals surface area contributed by atoms with Gasteiger partial charge in [0.05, 0.1) is 88.8 Å². The molecule has 2 saturated carbocycles. The van der Waals surface area contributed by atoms with Crippen LogP contribution in [-0.2, 0) is 30.7 Å². The quantitative estimate of drug-likeness (QED) is 0.0482. The molecule has 2 aliphatic rings. The number of benzene rings is 4. The molecule has 20 nitrogen and oxygen atoms in total. The third kappa shape index (κ3) is 12.4. The number of carboxylic acids is 1. The Labute approximate surface area is 521 Å². The first-order valence-corrected chi connectivity index (χ1v) is 28.3. The number of esters is 1. The van der Waals surface area contributed by atoms with Crippen LogP contribution in [0, 0.1) is 11.6 Å². The van der Waals surface area contributed by atoms with Gasteiger partial charge < -0.3 is 38.7 Å². The van der Waals surface area contributed by atoms with Crippen molar-refractivity contribution in [1.29, 1.82) is 0 Å². The van der Waals surface area contributed by atoms with Crippen LogP contribution in [0.3, 0.4) is 0 Å². The van der Waals surface area contributed by atoms with Crippen molar-refractivity contribution in [2.24, 2.45) is 0 Å². The zero-order chi connectivity index (χ0) is 58.6. The number of aromatic carboxylic acids is 1. The van der Waals surface area contributed by atoms with E-state index in [2.05, 4.69) is 88.3 Å². The molecule has 8 aromatic heterocycles. The van der Waals surface area contributed by atoms with Gasteiger partial charge in [-0.25, -0.2) is 37.7 Å². The Kier molecular flexibility index (Phi) is 18.1. The number of carbonyl (C=O) groups excluding carboxylic acids is 3. The van der Waals surface area contributed by atoms with Crippen LogP contribution >= 0.6 is 23.2 Å². The van der Waals surface area contributed by atoms with Gasteiger partial charge >= 0.3 is 30.8 Å². The van der Waals surface area contributed by atoms with Crippen LogP contribution in [0.5, 0.6) is 0 Å². The number of rotatable bonds is 18. The van der Waals surface area contributed by atoms with Gasteiger partial charge in [-0.3, -0.25) is 9.59 Å². The fraction of sp³-hybridized carbons (Fsp3) is 0.206. The number of hydrogen-bond acceptors (Lipinski definition) is 12. The molecule has 0 atom stereocenters. The van der Waals surface area contributed by atoms with Crippen molar-refractivity contribution in [3.05, 3.63) is 225 Å². The van der Waals surface area contributed by atoms with Crippen molar-refractivity contribution in [2.45, 2.75) is 76.3 Å². The first-order chi connectivity index (χ1) is 41.2. The zero-order valence-corrected chi connectivity index (χ0v) is 48.9. The Morgan fingerprint density at radius 1 is 0.602 bits per heavy atom. The molecule has 0 bridgehead atoms. The molecule has 2 fully saturated rings. The summed E-state index contributed by atoms with van der Waals surface area (Å²) in [5.74, 6) is -1.73. The normalized spacial score (nSPS) is 12.8. The number of fused-ring (bicyclic) bond motifs is 4. The van der Waals surface area contributed by atoms with E-state index in [-0.39, 0.29) is 105 Å². The number of methoxy groups -OCH3 is 1. The number of ether oxygens (including phenoxy) is 1. The van der Waals surface area contributed by atoms with Crippen LogP contribution in [-0.4, -0.2) is 105 Å². The fourth-order valence-corrected chi connectivity index (χ4v) is 11.3. The van der Waals surface area contributed by atoms with E-state index in [9.17, 15) is 33.1 Å². The zero-order valence-electron chi connectivity index (χ0n) is 47.4. The Hall–Kier alpha value is -9.14. The van der Waals surface area contributed by atoms with Crippen LogP contribution < -0.4 is 18.9 Å². The van der Waals surface area contributed by atoms with Gasteiger partial charge in [0.1, 0.15) is 22.4 Å². The maximum absolute atomic E-state index is 14.6. The van der Waals surface area contributed by atoms with Gasteiger partial charge in [-0.15, -0.1) is 10.2 Å². The van der Waals surface area contributed by atoms with Gasteiger partial charge in [0.2, 0.25) is 0 Å². The number of imidazole rings is 2. The van der Waals surface area contributed by atoms with E-state index in [0.29, 0.717) is 41.9 Å².